The summed E-state index contributed by atoms with van der Waals surface area (Å²) in [5.41, 5.74) is 0. The molecule has 0 amide bonds. The van der Waals surface area contributed by atoms with Gasteiger partial charge in [-0.15, -0.1) is 0 Å². The third kappa shape index (κ3) is 2.96. The van der Waals surface area contributed by atoms with Crippen molar-refractivity contribution in [3.05, 3.63) is 0 Å². The molecule has 1 saturated heterocycles. The Balaban J connectivity index is 1.65. The Morgan fingerprint density at radius 2 is 2.23 bits per heavy atom. The maximum atomic E-state index is 5.81. The summed E-state index contributed by atoms with van der Waals surface area (Å²) >= 11 is 0. The van der Waals surface area contributed by atoms with Crippen molar-refractivity contribution in [3.63, 3.8) is 0 Å². The molecule has 1 aliphatic heterocycles. The summed E-state index contributed by atoms with van der Waals surface area (Å²) in [6.45, 7) is 4.04. The topological polar surface area (TPSA) is 21.8 Å². The summed E-state index contributed by atoms with van der Waals surface area (Å²) in [4.78, 5) is 0. The van der Waals surface area contributed by atoms with Crippen molar-refractivity contribution in [2.45, 2.75) is 51.2 Å². The Hall–Kier alpha value is -0.0800. The minimum atomic E-state index is 0.432. The molecule has 2 fully saturated rings. The van der Waals surface area contributed by atoms with Crippen LogP contribution in [0.15, 0.2) is 0 Å². The van der Waals surface area contributed by atoms with Crippen LogP contribution in [-0.2, 0) is 9.47 Å². The van der Waals surface area contributed by atoms with Crippen molar-refractivity contribution < 1.29 is 9.47 Å². The van der Waals surface area contributed by atoms with E-state index in [0.717, 1.165) is 19.1 Å². The lowest BCUT2D eigenvalue weighted by atomic mass is 9.85. The molecule has 1 saturated carbocycles. The third-order valence-electron chi connectivity index (χ3n) is 3.23. The zero-order chi connectivity index (χ0) is 9.10. The average molecular weight is 184 g/mol. The molecule has 0 radical (unpaired) electrons. The molecule has 3 unspecified atom stereocenters. The predicted octanol–water partition coefficient (Wildman–Crippen LogP) is 2.37. The fourth-order valence-electron chi connectivity index (χ4n) is 2.17. The molecule has 76 valence electrons. The van der Waals surface area contributed by atoms with Gasteiger partial charge in [0.15, 0.2) is 0 Å². The van der Waals surface area contributed by atoms with Crippen molar-refractivity contribution in [2.75, 3.05) is 13.2 Å². The van der Waals surface area contributed by atoms with E-state index in [4.69, 9.17) is 9.47 Å². The molecular weight excluding hydrogens is 164 g/mol. The fraction of sp³-hybridized carbons (Fsp3) is 1.00. The number of rotatable bonds is 4. The standard InChI is InChI=1S/C11H20O2/c1-2-9-4-3-5-10(6-9)12-7-11-8-13-11/h9-11H,2-8H2,1H3. The average Bonchev–Trinajstić information content (AvgIpc) is 2.99. The molecule has 2 heteroatoms. The monoisotopic (exact) mass is 184 g/mol. The first-order valence-electron chi connectivity index (χ1n) is 5.61. The van der Waals surface area contributed by atoms with E-state index in [-0.39, 0.29) is 0 Å². The van der Waals surface area contributed by atoms with Gasteiger partial charge in [0, 0.05) is 0 Å². The van der Waals surface area contributed by atoms with Gasteiger partial charge in [0.05, 0.1) is 19.3 Å². The van der Waals surface area contributed by atoms with Crippen LogP contribution < -0.4 is 0 Å². The van der Waals surface area contributed by atoms with Gasteiger partial charge in [0.25, 0.3) is 0 Å². The van der Waals surface area contributed by atoms with Crippen LogP contribution in [0.1, 0.15) is 39.0 Å². The molecule has 2 nitrogen and oxygen atoms in total. The Morgan fingerprint density at radius 1 is 1.38 bits per heavy atom. The molecule has 0 aromatic rings. The Bertz CT molecular complexity index is 154. The summed E-state index contributed by atoms with van der Waals surface area (Å²) in [6.07, 6.45) is 7.60. The first-order valence-corrected chi connectivity index (χ1v) is 5.61. The third-order valence-corrected chi connectivity index (χ3v) is 3.23. The maximum absolute atomic E-state index is 5.81. The van der Waals surface area contributed by atoms with Gasteiger partial charge in [-0.05, 0) is 18.8 Å². The minimum absolute atomic E-state index is 0.432. The van der Waals surface area contributed by atoms with Gasteiger partial charge >= 0.3 is 0 Å². The van der Waals surface area contributed by atoms with Crippen LogP contribution in [0.3, 0.4) is 0 Å². The van der Waals surface area contributed by atoms with Crippen LogP contribution in [0, 0.1) is 5.92 Å². The van der Waals surface area contributed by atoms with Crippen molar-refractivity contribution in [1.29, 1.82) is 0 Å². The van der Waals surface area contributed by atoms with Crippen LogP contribution in [0.4, 0.5) is 0 Å². The van der Waals surface area contributed by atoms with Crippen molar-refractivity contribution in [3.8, 4) is 0 Å². The quantitative estimate of drug-likeness (QED) is 0.626. The molecule has 0 aromatic carbocycles. The molecule has 2 rings (SSSR count). The Morgan fingerprint density at radius 3 is 2.92 bits per heavy atom. The zero-order valence-electron chi connectivity index (χ0n) is 8.50. The molecule has 1 aliphatic carbocycles. The van der Waals surface area contributed by atoms with E-state index in [0.29, 0.717) is 12.2 Å². The van der Waals surface area contributed by atoms with Gasteiger partial charge in [-0.1, -0.05) is 26.2 Å². The summed E-state index contributed by atoms with van der Waals surface area (Å²) in [5, 5.41) is 0. The number of hydrogen-bond donors (Lipinski definition) is 0. The minimum Gasteiger partial charge on any atom is -0.375 e. The maximum Gasteiger partial charge on any atom is 0.104 e. The number of ether oxygens (including phenoxy) is 2. The zero-order valence-corrected chi connectivity index (χ0v) is 8.50. The van der Waals surface area contributed by atoms with E-state index in [1.165, 1.54) is 32.1 Å². The highest BCUT2D eigenvalue weighted by Crippen LogP contribution is 2.28. The van der Waals surface area contributed by atoms with Crippen LogP contribution >= 0.6 is 0 Å². The van der Waals surface area contributed by atoms with Crippen LogP contribution in [0.5, 0.6) is 0 Å². The molecule has 1 heterocycles. The van der Waals surface area contributed by atoms with Crippen molar-refractivity contribution in [1.82, 2.24) is 0 Å². The van der Waals surface area contributed by atoms with E-state index in [1.54, 1.807) is 0 Å². The molecule has 3 atom stereocenters. The lowest BCUT2D eigenvalue weighted by Gasteiger charge is -2.28. The van der Waals surface area contributed by atoms with Gasteiger partial charge in [-0.2, -0.15) is 0 Å². The second-order valence-corrected chi connectivity index (χ2v) is 4.35. The predicted molar refractivity (Wildman–Crippen MR) is 51.7 cm³/mol. The second-order valence-electron chi connectivity index (χ2n) is 4.35. The first kappa shape index (κ1) is 9.47. The molecule has 0 bridgehead atoms. The van der Waals surface area contributed by atoms with Gasteiger partial charge < -0.3 is 9.47 Å². The van der Waals surface area contributed by atoms with E-state index < -0.39 is 0 Å². The lowest BCUT2D eigenvalue weighted by Crippen LogP contribution is -2.24. The molecule has 0 N–H and O–H groups in total. The molecule has 0 spiro atoms. The Labute approximate surface area is 80.6 Å². The van der Waals surface area contributed by atoms with E-state index in [1.807, 2.05) is 0 Å². The smallest absolute Gasteiger partial charge is 0.104 e. The van der Waals surface area contributed by atoms with Crippen LogP contribution in [0.25, 0.3) is 0 Å². The summed E-state index contributed by atoms with van der Waals surface area (Å²) in [7, 11) is 0. The highest BCUT2D eigenvalue weighted by molar-refractivity contribution is 4.74. The van der Waals surface area contributed by atoms with Crippen LogP contribution in [0.2, 0.25) is 0 Å². The Kier molecular flexibility index (Phi) is 3.23. The lowest BCUT2D eigenvalue weighted by molar-refractivity contribution is 0.00521. The summed E-state index contributed by atoms with van der Waals surface area (Å²) in [6, 6.07) is 0. The van der Waals surface area contributed by atoms with Gasteiger partial charge in [0.1, 0.15) is 6.10 Å². The number of hydrogen-bond acceptors (Lipinski definition) is 2. The largest absolute Gasteiger partial charge is 0.375 e. The van der Waals surface area contributed by atoms with Crippen LogP contribution in [-0.4, -0.2) is 25.4 Å². The molecule has 2 aliphatic rings. The SMILES string of the molecule is CCC1CCCC(OCC2CO2)C1. The molecule has 0 aromatic heterocycles. The second kappa shape index (κ2) is 4.43. The van der Waals surface area contributed by atoms with Crippen molar-refractivity contribution >= 4 is 0 Å². The van der Waals surface area contributed by atoms with E-state index >= 15 is 0 Å². The van der Waals surface area contributed by atoms with Gasteiger partial charge in [0.2, 0.25) is 0 Å². The highest BCUT2D eigenvalue weighted by Gasteiger charge is 2.26. The normalized spacial score (nSPS) is 39.0. The summed E-state index contributed by atoms with van der Waals surface area (Å²) in [5.74, 6) is 0.916. The summed E-state index contributed by atoms with van der Waals surface area (Å²) < 4.78 is 10.9. The van der Waals surface area contributed by atoms with Crippen molar-refractivity contribution in [2.24, 2.45) is 5.92 Å². The molecular formula is C11H20O2. The van der Waals surface area contributed by atoms with E-state index in [2.05, 4.69) is 6.92 Å². The van der Waals surface area contributed by atoms with E-state index in [9.17, 15) is 0 Å². The highest BCUT2D eigenvalue weighted by atomic mass is 16.6. The fourth-order valence-corrected chi connectivity index (χ4v) is 2.17. The molecule has 13 heavy (non-hydrogen) atoms. The van der Waals surface area contributed by atoms with Gasteiger partial charge in [-0.25, -0.2) is 0 Å². The first-order chi connectivity index (χ1) is 6.38. The van der Waals surface area contributed by atoms with Gasteiger partial charge in [-0.3, -0.25) is 0 Å². The number of epoxide rings is 1.